The highest BCUT2D eigenvalue weighted by Crippen LogP contribution is 2.30. The normalized spacial score (nSPS) is 20.5. The van der Waals surface area contributed by atoms with Gasteiger partial charge in [0.25, 0.3) is 0 Å². The SMILES string of the molecule is Cc1ccc(OCCC(=O)N2CCC[C@](O)(c3cn[nH]n3)C2)cc1C. The molecule has 3 rings (SSSR count). The molecule has 0 saturated carbocycles. The molecule has 0 unspecified atom stereocenters. The molecule has 2 heterocycles. The number of aromatic nitrogens is 3. The van der Waals surface area contributed by atoms with Crippen molar-refractivity contribution in [2.45, 2.75) is 38.7 Å². The van der Waals surface area contributed by atoms with Crippen LogP contribution < -0.4 is 4.74 Å². The van der Waals surface area contributed by atoms with Crippen molar-refractivity contribution >= 4 is 5.91 Å². The third-order valence-corrected chi connectivity index (χ3v) is 4.78. The molecule has 134 valence electrons. The number of amides is 1. The lowest BCUT2D eigenvalue weighted by atomic mass is 9.90. The van der Waals surface area contributed by atoms with E-state index in [1.54, 1.807) is 4.90 Å². The molecule has 1 saturated heterocycles. The number of ether oxygens (including phenoxy) is 1. The van der Waals surface area contributed by atoms with E-state index < -0.39 is 5.60 Å². The van der Waals surface area contributed by atoms with Gasteiger partial charge in [-0.3, -0.25) is 4.79 Å². The Bertz CT molecular complexity index is 732. The maximum Gasteiger partial charge on any atom is 0.226 e. The number of carbonyl (C=O) groups excluding carboxylic acids is 1. The first-order valence-corrected chi connectivity index (χ1v) is 8.54. The predicted molar refractivity (Wildman–Crippen MR) is 92.1 cm³/mol. The number of nitrogens with one attached hydrogen (secondary N) is 1. The monoisotopic (exact) mass is 344 g/mol. The molecule has 2 N–H and O–H groups in total. The van der Waals surface area contributed by atoms with Gasteiger partial charge in [0.15, 0.2) is 0 Å². The average molecular weight is 344 g/mol. The molecule has 0 spiro atoms. The van der Waals surface area contributed by atoms with Crippen LogP contribution in [0.25, 0.3) is 0 Å². The van der Waals surface area contributed by atoms with Crippen molar-refractivity contribution in [2.24, 2.45) is 0 Å². The van der Waals surface area contributed by atoms with Crippen LogP contribution >= 0.6 is 0 Å². The van der Waals surface area contributed by atoms with E-state index in [4.69, 9.17) is 4.74 Å². The number of piperidine rings is 1. The van der Waals surface area contributed by atoms with Crippen LogP contribution in [0.15, 0.2) is 24.4 Å². The fourth-order valence-electron chi connectivity index (χ4n) is 3.10. The molecule has 7 heteroatoms. The number of β-amino-alcohol motifs (C(OH)–C–C–N with tert-alkyl or cyclic N) is 1. The van der Waals surface area contributed by atoms with Gasteiger partial charge in [0.1, 0.15) is 17.0 Å². The maximum absolute atomic E-state index is 12.5. The van der Waals surface area contributed by atoms with Gasteiger partial charge < -0.3 is 14.7 Å². The standard InChI is InChI=1S/C18H24N4O3/c1-13-4-5-15(10-14(13)2)25-9-6-17(23)22-8-3-7-18(24,12-22)16-11-19-21-20-16/h4-5,10-11,24H,3,6-9,12H2,1-2H3,(H,19,20,21)/t18-/m1/s1. The highest BCUT2D eigenvalue weighted by molar-refractivity contribution is 5.76. The number of nitrogens with zero attached hydrogens (tertiary/aromatic N) is 3. The Morgan fingerprint density at radius 3 is 2.96 bits per heavy atom. The van der Waals surface area contributed by atoms with Crippen LogP contribution in [0.1, 0.15) is 36.1 Å². The van der Waals surface area contributed by atoms with Crippen LogP contribution in [0.3, 0.4) is 0 Å². The zero-order valence-corrected chi connectivity index (χ0v) is 14.7. The molecule has 0 radical (unpaired) electrons. The number of rotatable bonds is 5. The smallest absolute Gasteiger partial charge is 0.226 e. The second kappa shape index (κ2) is 7.23. The minimum absolute atomic E-state index is 0.0227. The third-order valence-electron chi connectivity index (χ3n) is 4.78. The van der Waals surface area contributed by atoms with E-state index in [0.29, 0.717) is 25.3 Å². The third kappa shape index (κ3) is 3.99. The van der Waals surface area contributed by atoms with Crippen molar-refractivity contribution < 1.29 is 14.6 Å². The van der Waals surface area contributed by atoms with Gasteiger partial charge in [-0.1, -0.05) is 6.07 Å². The summed E-state index contributed by atoms with van der Waals surface area (Å²) >= 11 is 0. The Morgan fingerprint density at radius 2 is 2.24 bits per heavy atom. The molecular weight excluding hydrogens is 320 g/mol. The maximum atomic E-state index is 12.5. The number of hydrogen-bond donors (Lipinski definition) is 2. The lowest BCUT2D eigenvalue weighted by Crippen LogP contribution is -2.49. The highest BCUT2D eigenvalue weighted by atomic mass is 16.5. The summed E-state index contributed by atoms with van der Waals surface area (Å²) < 4.78 is 5.69. The average Bonchev–Trinajstić information content (AvgIpc) is 3.13. The lowest BCUT2D eigenvalue weighted by molar-refractivity contribution is -0.139. The first-order chi connectivity index (χ1) is 12.0. The summed E-state index contributed by atoms with van der Waals surface area (Å²) in [6, 6.07) is 5.90. The van der Waals surface area contributed by atoms with Crippen LogP contribution in [-0.2, 0) is 10.4 Å². The molecule has 0 aliphatic carbocycles. The molecule has 2 aromatic rings. The number of aliphatic hydroxyl groups is 1. The van der Waals surface area contributed by atoms with Gasteiger partial charge in [-0.25, -0.2) is 0 Å². The number of aromatic amines is 1. The van der Waals surface area contributed by atoms with E-state index in [9.17, 15) is 9.90 Å². The Hall–Kier alpha value is -2.41. The van der Waals surface area contributed by atoms with Crippen LogP contribution in [0, 0.1) is 13.8 Å². The molecule has 1 aromatic heterocycles. The second-order valence-corrected chi connectivity index (χ2v) is 6.65. The molecule has 1 fully saturated rings. The molecule has 1 aliphatic rings. The van der Waals surface area contributed by atoms with E-state index >= 15 is 0 Å². The van der Waals surface area contributed by atoms with Crippen molar-refractivity contribution in [3.63, 3.8) is 0 Å². The molecule has 7 nitrogen and oxygen atoms in total. The van der Waals surface area contributed by atoms with Gasteiger partial charge in [-0.05, 0) is 49.9 Å². The van der Waals surface area contributed by atoms with Gasteiger partial charge in [0.05, 0.1) is 25.8 Å². The first kappa shape index (κ1) is 17.4. The van der Waals surface area contributed by atoms with Crippen molar-refractivity contribution in [3.05, 3.63) is 41.2 Å². The fraction of sp³-hybridized carbons (Fsp3) is 0.500. The summed E-state index contributed by atoms with van der Waals surface area (Å²) in [5, 5.41) is 21.0. The fourth-order valence-corrected chi connectivity index (χ4v) is 3.10. The number of carbonyl (C=O) groups is 1. The highest BCUT2D eigenvalue weighted by Gasteiger charge is 2.38. The number of H-pyrrole nitrogens is 1. The zero-order chi connectivity index (χ0) is 17.9. The molecule has 1 aromatic carbocycles. The minimum Gasteiger partial charge on any atom is -0.493 e. The number of likely N-dealkylation sites (tertiary alicyclic amines) is 1. The summed E-state index contributed by atoms with van der Waals surface area (Å²) in [4.78, 5) is 14.1. The molecular formula is C18H24N4O3. The quantitative estimate of drug-likeness (QED) is 0.861. The van der Waals surface area contributed by atoms with Crippen molar-refractivity contribution in [1.29, 1.82) is 0 Å². The topological polar surface area (TPSA) is 91.3 Å². The zero-order valence-electron chi connectivity index (χ0n) is 14.7. The van der Waals surface area contributed by atoms with Crippen molar-refractivity contribution in [1.82, 2.24) is 20.3 Å². The molecule has 0 bridgehead atoms. The van der Waals surface area contributed by atoms with Crippen LogP contribution in [0.4, 0.5) is 0 Å². The summed E-state index contributed by atoms with van der Waals surface area (Å²) in [5.41, 5.74) is 1.73. The Labute approximate surface area is 147 Å². The second-order valence-electron chi connectivity index (χ2n) is 6.65. The van der Waals surface area contributed by atoms with E-state index in [-0.39, 0.29) is 18.9 Å². The van der Waals surface area contributed by atoms with E-state index in [2.05, 4.69) is 22.3 Å². The predicted octanol–water partition coefficient (Wildman–Crippen LogP) is 1.70. The van der Waals surface area contributed by atoms with Gasteiger partial charge in [-0.15, -0.1) is 0 Å². The Balaban J connectivity index is 1.53. The van der Waals surface area contributed by atoms with Crippen LogP contribution in [0.5, 0.6) is 5.75 Å². The largest absolute Gasteiger partial charge is 0.493 e. The summed E-state index contributed by atoms with van der Waals surface area (Å²) in [7, 11) is 0. The van der Waals surface area contributed by atoms with E-state index in [1.165, 1.54) is 11.8 Å². The molecule has 1 amide bonds. The lowest BCUT2D eigenvalue weighted by Gasteiger charge is -2.38. The van der Waals surface area contributed by atoms with Crippen molar-refractivity contribution in [2.75, 3.05) is 19.7 Å². The Kier molecular flexibility index (Phi) is 5.03. The van der Waals surface area contributed by atoms with Crippen LogP contribution in [-0.4, -0.2) is 51.0 Å². The van der Waals surface area contributed by atoms with Crippen molar-refractivity contribution in [3.8, 4) is 5.75 Å². The van der Waals surface area contributed by atoms with Gasteiger partial charge in [-0.2, -0.15) is 15.4 Å². The molecule has 1 aliphatic heterocycles. The van der Waals surface area contributed by atoms with Gasteiger partial charge in [0.2, 0.25) is 5.91 Å². The first-order valence-electron chi connectivity index (χ1n) is 8.54. The van der Waals surface area contributed by atoms with E-state index in [0.717, 1.165) is 17.7 Å². The molecule has 1 atom stereocenters. The van der Waals surface area contributed by atoms with Gasteiger partial charge in [0, 0.05) is 6.54 Å². The Morgan fingerprint density at radius 1 is 1.40 bits per heavy atom. The summed E-state index contributed by atoms with van der Waals surface area (Å²) in [6.45, 7) is 5.28. The van der Waals surface area contributed by atoms with Gasteiger partial charge >= 0.3 is 0 Å². The summed E-state index contributed by atoms with van der Waals surface area (Å²) in [5.74, 6) is 0.749. The number of benzene rings is 1. The van der Waals surface area contributed by atoms with Crippen LogP contribution in [0.2, 0.25) is 0 Å². The van der Waals surface area contributed by atoms with E-state index in [1.807, 2.05) is 25.1 Å². The minimum atomic E-state index is -1.13. The number of aryl methyl sites for hydroxylation is 2. The molecule has 25 heavy (non-hydrogen) atoms. The summed E-state index contributed by atoms with van der Waals surface area (Å²) in [6.07, 6.45) is 3.09. The number of hydrogen-bond acceptors (Lipinski definition) is 5.